The van der Waals surface area contributed by atoms with Crippen molar-refractivity contribution in [1.29, 1.82) is 0 Å². The SMILES string of the molecule is CB(O)N1CCN(c2ccc(B3OC(C)(C)C(C)(C)O3)cc2)C[C@@H]1C.CB(O)N1CCN(c2ccc(Br)cc2)C[C@@H]1C.CB(O)N1CCNC[C@@H]1C. The number of piperazine rings is 3. The van der Waals surface area contributed by atoms with E-state index in [1.54, 1.807) is 0 Å². The highest BCUT2D eigenvalue weighted by Gasteiger charge is 2.51. The zero-order valence-corrected chi connectivity index (χ0v) is 34.9. The average molecular weight is 783 g/mol. The van der Waals surface area contributed by atoms with E-state index in [4.69, 9.17) is 9.31 Å². The van der Waals surface area contributed by atoms with E-state index in [0.717, 1.165) is 68.8 Å². The molecule has 0 amide bonds. The van der Waals surface area contributed by atoms with E-state index < -0.39 is 0 Å². The topological polar surface area (TPSA) is 107 Å². The molecular weight excluding hydrogens is 720 g/mol. The van der Waals surface area contributed by atoms with Crippen LogP contribution in [0.15, 0.2) is 53.0 Å². The molecule has 16 heteroatoms. The van der Waals surface area contributed by atoms with Gasteiger partial charge in [0, 0.05) is 92.9 Å². The van der Waals surface area contributed by atoms with Gasteiger partial charge in [-0.2, -0.15) is 0 Å². The van der Waals surface area contributed by atoms with Crippen LogP contribution in [-0.2, 0) is 9.31 Å². The van der Waals surface area contributed by atoms with Crippen molar-refractivity contribution in [3.05, 3.63) is 53.0 Å². The fraction of sp³-hybridized carbons (Fsp3) is 0.667. The fourth-order valence-electron chi connectivity index (χ4n) is 7.41. The van der Waals surface area contributed by atoms with Gasteiger partial charge in [-0.1, -0.05) is 28.1 Å². The lowest BCUT2D eigenvalue weighted by atomic mass is 9.79. The molecule has 0 spiro atoms. The summed E-state index contributed by atoms with van der Waals surface area (Å²) in [6.45, 7) is 28.7. The van der Waals surface area contributed by atoms with Gasteiger partial charge in [0.1, 0.15) is 0 Å². The third-order valence-electron chi connectivity index (χ3n) is 11.3. The maximum absolute atomic E-state index is 9.83. The van der Waals surface area contributed by atoms with Crippen LogP contribution in [0.3, 0.4) is 0 Å². The Morgan fingerprint density at radius 2 is 1.06 bits per heavy atom. The third-order valence-corrected chi connectivity index (χ3v) is 11.9. The van der Waals surface area contributed by atoms with Gasteiger partial charge in [0.25, 0.3) is 0 Å². The summed E-state index contributed by atoms with van der Waals surface area (Å²) in [5.74, 6) is 0. The van der Waals surface area contributed by atoms with E-state index in [-0.39, 0.29) is 39.5 Å². The molecule has 11 nitrogen and oxygen atoms in total. The highest BCUT2D eigenvalue weighted by atomic mass is 79.9. The molecule has 4 heterocycles. The maximum atomic E-state index is 9.83. The van der Waals surface area contributed by atoms with Crippen LogP contribution in [0.5, 0.6) is 0 Å². The molecule has 0 unspecified atom stereocenters. The second-order valence-corrected chi connectivity index (χ2v) is 16.8. The van der Waals surface area contributed by atoms with Gasteiger partial charge in [-0.3, -0.25) is 0 Å². The largest absolute Gasteiger partial charge is 0.494 e. The van der Waals surface area contributed by atoms with Crippen LogP contribution >= 0.6 is 15.9 Å². The molecule has 4 fully saturated rings. The third kappa shape index (κ3) is 11.2. The maximum Gasteiger partial charge on any atom is 0.494 e. The molecule has 4 aliphatic rings. The summed E-state index contributed by atoms with van der Waals surface area (Å²) in [5.41, 5.74) is 2.88. The lowest BCUT2D eigenvalue weighted by Crippen LogP contribution is -2.56. The molecule has 0 radical (unpaired) electrons. The van der Waals surface area contributed by atoms with Gasteiger partial charge in [-0.15, -0.1) is 0 Å². The van der Waals surface area contributed by atoms with Crippen molar-refractivity contribution in [3.63, 3.8) is 0 Å². The van der Waals surface area contributed by atoms with Crippen LogP contribution in [0.2, 0.25) is 20.5 Å². The van der Waals surface area contributed by atoms with E-state index in [2.05, 4.69) is 142 Å². The molecule has 52 heavy (non-hydrogen) atoms. The molecule has 3 atom stereocenters. The van der Waals surface area contributed by atoms with Crippen molar-refractivity contribution >= 4 is 61.0 Å². The van der Waals surface area contributed by atoms with E-state index in [0.29, 0.717) is 18.1 Å². The van der Waals surface area contributed by atoms with Crippen molar-refractivity contribution in [2.24, 2.45) is 0 Å². The molecule has 4 aliphatic heterocycles. The first-order chi connectivity index (χ1) is 24.4. The van der Waals surface area contributed by atoms with Gasteiger partial charge < -0.3 is 53.9 Å². The zero-order valence-electron chi connectivity index (χ0n) is 33.3. The highest BCUT2D eigenvalue weighted by molar-refractivity contribution is 9.10. The first-order valence-electron chi connectivity index (χ1n) is 19.1. The molecule has 286 valence electrons. The molecule has 2 aromatic rings. The number of anilines is 2. The molecule has 0 bridgehead atoms. The molecule has 4 saturated heterocycles. The van der Waals surface area contributed by atoms with Crippen LogP contribution in [0.25, 0.3) is 0 Å². The molecule has 4 N–H and O–H groups in total. The quantitative estimate of drug-likeness (QED) is 0.325. The summed E-state index contributed by atoms with van der Waals surface area (Å²) in [5, 5.41) is 32.0. The standard InChI is InChI=1S/C18H30B2N2O3.C12H18BBrN2O.C6H15BN2O/c1-14-13-21(11-12-22(14)19(6)23)16-9-7-15(8-10-16)20-24-17(2,3)18(4,5)25-20;1-10-9-15(7-8-16(10)13(2)17)12-5-3-11(14)4-6-12;1-6-5-8-3-4-9(6)7(2)10/h7-10,14,23H,11-13H2,1-6H3;3-6,10,17H,7-9H2,1-2H3;6,8,10H,3-5H2,1-2H3/t14-;10-;6-/m000/s1. The number of nitrogens with zero attached hydrogens (tertiary/aromatic N) is 5. The number of hydrogen-bond acceptors (Lipinski definition) is 11. The fourth-order valence-corrected chi connectivity index (χ4v) is 7.67. The van der Waals surface area contributed by atoms with Crippen LogP contribution < -0.4 is 20.6 Å². The first kappa shape index (κ1) is 43.2. The molecule has 2 aromatic carbocycles. The van der Waals surface area contributed by atoms with E-state index >= 15 is 0 Å². The Balaban J connectivity index is 0.000000193. The predicted molar refractivity (Wildman–Crippen MR) is 224 cm³/mol. The Hall–Kier alpha value is -1.58. The summed E-state index contributed by atoms with van der Waals surface area (Å²) in [4.78, 5) is 11.1. The van der Waals surface area contributed by atoms with Gasteiger partial charge in [-0.25, -0.2) is 0 Å². The monoisotopic (exact) mass is 782 g/mol. The smallest absolute Gasteiger partial charge is 0.437 e. The molecular formula is C36H63B4BrN6O5. The summed E-state index contributed by atoms with van der Waals surface area (Å²) in [7, 11) is -1.35. The van der Waals surface area contributed by atoms with Gasteiger partial charge in [0.2, 0.25) is 0 Å². The highest BCUT2D eigenvalue weighted by Crippen LogP contribution is 2.36. The molecule has 0 aromatic heterocycles. The number of hydrogen-bond donors (Lipinski definition) is 4. The van der Waals surface area contributed by atoms with Gasteiger partial charge in [0.15, 0.2) is 0 Å². The van der Waals surface area contributed by atoms with Gasteiger partial charge in [-0.05, 0) is 111 Å². The minimum absolute atomic E-state index is 0.294. The van der Waals surface area contributed by atoms with E-state index in [1.165, 1.54) is 11.4 Å². The van der Waals surface area contributed by atoms with Gasteiger partial charge >= 0.3 is 28.3 Å². The Kier molecular flexibility index (Phi) is 15.6. The van der Waals surface area contributed by atoms with Crippen LogP contribution in [0.1, 0.15) is 48.5 Å². The summed E-state index contributed by atoms with van der Waals surface area (Å²) in [6.07, 6.45) is 0. The number of halogens is 1. The van der Waals surface area contributed by atoms with Crippen molar-refractivity contribution in [2.45, 2.75) is 98.3 Å². The predicted octanol–water partition coefficient (Wildman–Crippen LogP) is 3.07. The van der Waals surface area contributed by atoms with Crippen molar-refractivity contribution in [2.75, 3.05) is 68.7 Å². The van der Waals surface area contributed by atoms with Crippen molar-refractivity contribution < 1.29 is 24.4 Å². The summed E-state index contributed by atoms with van der Waals surface area (Å²) < 4.78 is 13.4. The minimum Gasteiger partial charge on any atom is -0.437 e. The van der Waals surface area contributed by atoms with Crippen molar-refractivity contribution in [3.8, 4) is 0 Å². The molecule has 6 rings (SSSR count). The first-order valence-corrected chi connectivity index (χ1v) is 19.9. The summed E-state index contributed by atoms with van der Waals surface area (Å²) in [6, 6.07) is 18.1. The number of benzene rings is 2. The normalized spacial score (nSPS) is 25.1. The molecule has 0 saturated carbocycles. The number of rotatable bonds is 6. The second kappa shape index (κ2) is 18.8. The Labute approximate surface area is 324 Å². The Morgan fingerprint density at radius 3 is 1.42 bits per heavy atom. The average Bonchev–Trinajstić information content (AvgIpc) is 3.31. The van der Waals surface area contributed by atoms with Crippen LogP contribution in [0, 0.1) is 0 Å². The Bertz CT molecular complexity index is 1360. The molecule has 0 aliphatic carbocycles. The van der Waals surface area contributed by atoms with Crippen molar-refractivity contribution in [1.82, 2.24) is 19.7 Å². The zero-order chi connectivity index (χ0) is 38.4. The summed E-state index contributed by atoms with van der Waals surface area (Å²) >= 11 is 3.45. The lowest BCUT2D eigenvalue weighted by Gasteiger charge is -2.41. The van der Waals surface area contributed by atoms with Crippen LogP contribution in [0.4, 0.5) is 11.4 Å². The van der Waals surface area contributed by atoms with E-state index in [1.807, 2.05) is 20.5 Å². The second-order valence-electron chi connectivity index (χ2n) is 15.9. The minimum atomic E-state index is -0.386. The Morgan fingerprint density at radius 1 is 0.654 bits per heavy atom. The number of nitrogens with one attached hydrogen (secondary N) is 1. The lowest BCUT2D eigenvalue weighted by molar-refractivity contribution is 0.00578. The van der Waals surface area contributed by atoms with E-state index in [9.17, 15) is 15.1 Å². The van der Waals surface area contributed by atoms with Gasteiger partial charge in [0.05, 0.1) is 11.2 Å². The van der Waals surface area contributed by atoms with Crippen LogP contribution in [-0.4, -0.2) is 146 Å².